The van der Waals surface area contributed by atoms with Crippen LogP contribution in [0.4, 0.5) is 19.3 Å². The number of amides is 2. The van der Waals surface area contributed by atoms with Gasteiger partial charge in [0, 0.05) is 6.54 Å². The molecule has 0 saturated heterocycles. The van der Waals surface area contributed by atoms with Gasteiger partial charge in [0.25, 0.3) is 5.56 Å². The lowest BCUT2D eigenvalue weighted by Crippen LogP contribution is -2.40. The van der Waals surface area contributed by atoms with Crippen molar-refractivity contribution in [2.45, 2.75) is 32.7 Å². The molecule has 1 atom stereocenters. The fraction of sp³-hybridized carbons (Fsp3) is 0.222. The van der Waals surface area contributed by atoms with Crippen molar-refractivity contribution >= 4 is 22.6 Å². The second kappa shape index (κ2) is 10.5. The van der Waals surface area contributed by atoms with Crippen molar-refractivity contribution in [3.63, 3.8) is 0 Å². The Labute approximate surface area is 201 Å². The second-order valence-electron chi connectivity index (χ2n) is 8.21. The zero-order chi connectivity index (χ0) is 24.9. The van der Waals surface area contributed by atoms with Crippen molar-refractivity contribution in [3.05, 3.63) is 101 Å². The van der Waals surface area contributed by atoms with Crippen molar-refractivity contribution in [2.75, 3.05) is 11.9 Å². The van der Waals surface area contributed by atoms with Gasteiger partial charge in [-0.15, -0.1) is 0 Å². The van der Waals surface area contributed by atoms with Crippen molar-refractivity contribution in [1.29, 1.82) is 0 Å². The third-order valence-corrected chi connectivity index (χ3v) is 5.87. The number of unbranched alkanes of at least 4 members (excludes halogenated alkanes) is 1. The summed E-state index contributed by atoms with van der Waals surface area (Å²) in [6.07, 6.45) is 1.48. The molecular formula is C27H26F2N4O2. The molecule has 0 aliphatic rings. The number of nitrogens with one attached hydrogen (secondary N) is 1. The third-order valence-electron chi connectivity index (χ3n) is 5.87. The van der Waals surface area contributed by atoms with E-state index in [1.165, 1.54) is 45.9 Å². The molecule has 6 nitrogen and oxygen atoms in total. The van der Waals surface area contributed by atoms with E-state index in [9.17, 15) is 18.4 Å². The Bertz CT molecular complexity index is 1420. The van der Waals surface area contributed by atoms with Gasteiger partial charge in [0.1, 0.15) is 17.5 Å². The minimum Gasteiger partial charge on any atom is -0.315 e. The summed E-state index contributed by atoms with van der Waals surface area (Å²) in [6.45, 7) is 4.05. The molecule has 4 rings (SSSR count). The number of fused-ring (bicyclic) bond motifs is 1. The molecule has 35 heavy (non-hydrogen) atoms. The smallest absolute Gasteiger partial charge is 0.315 e. The number of para-hydroxylation sites is 3. The SMILES string of the molecule is CCCCN(C(=O)Nc1ccccc1F)C(C)c1nc2ccccc2c(=O)n1-c1ccccc1F. The summed E-state index contributed by atoms with van der Waals surface area (Å²) in [7, 11) is 0. The molecule has 8 heteroatoms. The lowest BCUT2D eigenvalue weighted by molar-refractivity contribution is 0.188. The topological polar surface area (TPSA) is 67.2 Å². The first-order valence-electron chi connectivity index (χ1n) is 11.5. The van der Waals surface area contributed by atoms with Gasteiger partial charge in [0.05, 0.1) is 28.3 Å². The lowest BCUT2D eigenvalue weighted by Gasteiger charge is -2.30. The predicted molar refractivity (Wildman–Crippen MR) is 133 cm³/mol. The third kappa shape index (κ3) is 4.91. The zero-order valence-electron chi connectivity index (χ0n) is 19.5. The molecule has 4 aromatic rings. The first-order valence-corrected chi connectivity index (χ1v) is 11.5. The number of anilines is 1. The molecule has 1 N–H and O–H groups in total. The molecule has 0 aliphatic heterocycles. The Morgan fingerprint density at radius 1 is 1.00 bits per heavy atom. The summed E-state index contributed by atoms with van der Waals surface area (Å²) in [5.74, 6) is -0.939. The Hall–Kier alpha value is -4.07. The molecule has 0 bridgehead atoms. The number of aromatic nitrogens is 2. The van der Waals surface area contributed by atoms with Crippen LogP contribution in [-0.2, 0) is 0 Å². The van der Waals surface area contributed by atoms with Crippen LogP contribution in [0.2, 0.25) is 0 Å². The molecule has 3 aromatic carbocycles. The Balaban J connectivity index is 1.85. The molecule has 0 saturated carbocycles. The summed E-state index contributed by atoms with van der Waals surface area (Å²) in [4.78, 5) is 33.0. The van der Waals surface area contributed by atoms with E-state index in [1.807, 2.05) is 6.92 Å². The summed E-state index contributed by atoms with van der Waals surface area (Å²) in [5, 5.41) is 2.95. The number of carbonyl (C=O) groups excluding carboxylic acids is 1. The summed E-state index contributed by atoms with van der Waals surface area (Å²) < 4.78 is 30.3. The summed E-state index contributed by atoms with van der Waals surface area (Å²) in [6, 6.07) is 17.4. The number of hydrogen-bond donors (Lipinski definition) is 1. The first-order chi connectivity index (χ1) is 16.9. The van der Waals surface area contributed by atoms with Crippen LogP contribution in [-0.4, -0.2) is 27.0 Å². The minimum absolute atomic E-state index is 0.0440. The lowest BCUT2D eigenvalue weighted by atomic mass is 10.1. The molecular weight excluding hydrogens is 450 g/mol. The number of urea groups is 1. The molecule has 0 spiro atoms. The molecule has 0 aliphatic carbocycles. The van der Waals surface area contributed by atoms with Gasteiger partial charge in [-0.3, -0.25) is 9.36 Å². The van der Waals surface area contributed by atoms with Crippen LogP contribution in [0.25, 0.3) is 16.6 Å². The van der Waals surface area contributed by atoms with Gasteiger partial charge in [0.2, 0.25) is 0 Å². The highest BCUT2D eigenvalue weighted by Gasteiger charge is 2.27. The number of rotatable bonds is 7. The highest BCUT2D eigenvalue weighted by Crippen LogP contribution is 2.25. The van der Waals surface area contributed by atoms with E-state index in [2.05, 4.69) is 10.3 Å². The van der Waals surface area contributed by atoms with E-state index in [0.717, 1.165) is 6.42 Å². The fourth-order valence-electron chi connectivity index (χ4n) is 3.98. The van der Waals surface area contributed by atoms with E-state index in [4.69, 9.17) is 0 Å². The number of carbonyl (C=O) groups is 1. The molecule has 180 valence electrons. The quantitative estimate of drug-likeness (QED) is 0.353. The van der Waals surface area contributed by atoms with Crippen LogP contribution in [0.3, 0.4) is 0 Å². The largest absolute Gasteiger partial charge is 0.322 e. The second-order valence-corrected chi connectivity index (χ2v) is 8.21. The fourth-order valence-corrected chi connectivity index (χ4v) is 3.98. The predicted octanol–water partition coefficient (Wildman–Crippen LogP) is 6.06. The van der Waals surface area contributed by atoms with Crippen LogP contribution in [0.5, 0.6) is 0 Å². The molecule has 2 amide bonds. The van der Waals surface area contributed by atoms with Crippen LogP contribution in [0.15, 0.2) is 77.6 Å². The van der Waals surface area contributed by atoms with E-state index >= 15 is 0 Å². The van der Waals surface area contributed by atoms with Gasteiger partial charge in [-0.2, -0.15) is 0 Å². The van der Waals surface area contributed by atoms with Crippen molar-refractivity contribution < 1.29 is 13.6 Å². The number of hydrogen-bond acceptors (Lipinski definition) is 3. The maximum Gasteiger partial charge on any atom is 0.322 e. The average molecular weight is 477 g/mol. The van der Waals surface area contributed by atoms with E-state index < -0.39 is 29.3 Å². The molecule has 1 unspecified atom stereocenters. The minimum atomic E-state index is -0.731. The Morgan fingerprint density at radius 3 is 2.37 bits per heavy atom. The van der Waals surface area contributed by atoms with Crippen LogP contribution in [0.1, 0.15) is 38.6 Å². The van der Waals surface area contributed by atoms with E-state index in [0.29, 0.717) is 23.9 Å². The van der Waals surface area contributed by atoms with Crippen LogP contribution in [0, 0.1) is 11.6 Å². The molecule has 1 aromatic heterocycles. The van der Waals surface area contributed by atoms with Crippen molar-refractivity contribution in [1.82, 2.24) is 14.5 Å². The van der Waals surface area contributed by atoms with Gasteiger partial charge in [-0.25, -0.2) is 18.6 Å². The van der Waals surface area contributed by atoms with E-state index in [-0.39, 0.29) is 17.2 Å². The van der Waals surface area contributed by atoms with E-state index in [1.54, 1.807) is 43.3 Å². The van der Waals surface area contributed by atoms with Gasteiger partial charge < -0.3 is 10.2 Å². The number of halogens is 2. The maximum absolute atomic E-state index is 14.9. The zero-order valence-corrected chi connectivity index (χ0v) is 19.5. The molecule has 0 radical (unpaired) electrons. The van der Waals surface area contributed by atoms with Crippen molar-refractivity contribution in [3.8, 4) is 5.69 Å². The standard InChI is InChI=1S/C27H26F2N4O2/c1-3-4-17-32(27(35)31-23-15-9-6-12-20(23)28)18(2)25-30-22-14-8-5-11-19(22)26(34)33(25)24-16-10-7-13-21(24)29/h5-16,18H,3-4,17H2,1-2H3,(H,31,35). The van der Waals surface area contributed by atoms with Gasteiger partial charge >= 0.3 is 6.03 Å². The Kier molecular flexibility index (Phi) is 7.19. The van der Waals surface area contributed by atoms with Gasteiger partial charge in [0.15, 0.2) is 0 Å². The van der Waals surface area contributed by atoms with Crippen molar-refractivity contribution in [2.24, 2.45) is 0 Å². The highest BCUT2D eigenvalue weighted by atomic mass is 19.1. The summed E-state index contributed by atoms with van der Waals surface area (Å²) in [5.41, 5.74) is 0.0936. The number of nitrogens with zero attached hydrogens (tertiary/aromatic N) is 3. The molecule has 1 heterocycles. The molecule has 0 fully saturated rings. The average Bonchev–Trinajstić information content (AvgIpc) is 2.86. The van der Waals surface area contributed by atoms with Crippen LogP contribution >= 0.6 is 0 Å². The first kappa shape index (κ1) is 24.1. The monoisotopic (exact) mass is 476 g/mol. The normalized spacial score (nSPS) is 11.9. The highest BCUT2D eigenvalue weighted by molar-refractivity contribution is 5.89. The maximum atomic E-state index is 14.9. The Morgan fingerprint density at radius 2 is 1.66 bits per heavy atom. The number of benzene rings is 3. The van der Waals surface area contributed by atoms with Crippen LogP contribution < -0.4 is 10.9 Å². The van der Waals surface area contributed by atoms with Gasteiger partial charge in [-0.1, -0.05) is 49.7 Å². The van der Waals surface area contributed by atoms with Gasteiger partial charge in [-0.05, 0) is 49.7 Å². The summed E-state index contributed by atoms with van der Waals surface area (Å²) >= 11 is 0.